The maximum Gasteiger partial charge on any atom is 0.767 e. The first kappa shape index (κ1) is 46.5. The molecule has 0 spiro atoms. The normalized spacial score (nSPS) is 20.6. The van der Waals surface area contributed by atoms with Crippen LogP contribution in [0.15, 0.2) is 22.8 Å². The van der Waals surface area contributed by atoms with E-state index in [0.717, 1.165) is 0 Å². The van der Waals surface area contributed by atoms with Crippen LogP contribution in [-0.4, -0.2) is 63.8 Å². The lowest BCUT2D eigenvalue weighted by Crippen LogP contribution is -2.69. The Balaban J connectivity index is 3.66. The highest BCUT2D eigenvalue weighted by Crippen LogP contribution is 2.73. The van der Waals surface area contributed by atoms with E-state index >= 15 is 16.7 Å². The Morgan fingerprint density at radius 3 is 1.13 bits per heavy atom. The van der Waals surface area contributed by atoms with Gasteiger partial charge < -0.3 is 7.31 Å². The van der Waals surface area contributed by atoms with Gasteiger partial charge in [0.1, 0.15) is 17.3 Å². The SMILES string of the molecule is CC(C)CC1([O][Al]([F])[c]2c(F)c(F)c(F)c(F)c2F)C(C(C(F)(F)F)(C(F)(F)F)C(F)(F)F)=C(F)C(C(C(F)(F)F)(C(F)(F)F)C(F)(F)F)=C(F)C1F. The van der Waals surface area contributed by atoms with Crippen molar-refractivity contribution in [2.75, 3.05) is 0 Å². The second-order valence-electron chi connectivity index (χ2n) is 11.2. The third kappa shape index (κ3) is 6.60. The van der Waals surface area contributed by atoms with Crippen LogP contribution in [0.3, 0.4) is 0 Å². The van der Waals surface area contributed by atoms with Crippen LogP contribution in [0.4, 0.5) is 118 Å². The zero-order chi connectivity index (χ0) is 42.4. The van der Waals surface area contributed by atoms with Gasteiger partial charge in [0, 0.05) is 10.00 Å². The summed E-state index contributed by atoms with van der Waals surface area (Å²) in [5, 5.41) is 0. The fourth-order valence-corrected chi connectivity index (χ4v) is 7.03. The van der Waals surface area contributed by atoms with Gasteiger partial charge in [0.2, 0.25) is 0 Å². The molecule has 2 rings (SSSR count). The summed E-state index contributed by atoms with van der Waals surface area (Å²) in [5.74, 6) is -29.9. The Morgan fingerprint density at radius 2 is 0.849 bits per heavy atom. The summed E-state index contributed by atoms with van der Waals surface area (Å²) in [4.78, 5) is 0. The highest BCUT2D eigenvalue weighted by atomic mass is 27.3. The molecule has 1 aliphatic rings. The Morgan fingerprint density at radius 1 is 0.547 bits per heavy atom. The molecule has 1 aliphatic carbocycles. The number of rotatable bonds is 7. The van der Waals surface area contributed by atoms with Gasteiger partial charge in [-0.1, -0.05) is 13.8 Å². The molecule has 0 saturated carbocycles. The first-order valence-corrected chi connectivity index (χ1v) is 14.4. The molecular weight excluding hydrogens is 844 g/mol. The minimum absolute atomic E-state index is 0.208. The van der Waals surface area contributed by atoms with Crippen molar-refractivity contribution in [3.05, 3.63) is 51.9 Å². The quantitative estimate of drug-likeness (QED) is 0.115. The molecule has 1 aromatic carbocycles. The molecule has 0 aromatic heterocycles. The summed E-state index contributed by atoms with van der Waals surface area (Å²) >= 11 is -7.24. The molecule has 0 heterocycles. The van der Waals surface area contributed by atoms with Gasteiger partial charge in [0.05, 0.1) is 5.57 Å². The first-order chi connectivity index (χ1) is 23.2. The molecule has 0 fully saturated rings. The van der Waals surface area contributed by atoms with Crippen molar-refractivity contribution in [1.29, 1.82) is 0 Å². The van der Waals surface area contributed by atoms with E-state index in [1.165, 1.54) is 0 Å². The molecule has 53 heavy (non-hydrogen) atoms. The Labute approximate surface area is 279 Å². The standard InChI is InChI=1S/C18H10F21O.C6F5.Al.FH/c1-4(2)3-10(40)8(12(16(31,32)33,17(34,35)36)18(37,38)39)6(19)5(7(20)9(10)21)11(13(22,23)24,14(25,26)27)15(28,29)30;7-2-1-3(8)5(10)6(11)4(2)9;;/h4,9H,3H2,1-2H3;;;1H/q-1;;+2;/p-1. The second kappa shape index (κ2) is 13.5. The topological polar surface area (TPSA) is 9.23 Å². The van der Waals surface area contributed by atoms with Crippen molar-refractivity contribution in [1.82, 2.24) is 0 Å². The van der Waals surface area contributed by atoms with Gasteiger partial charge in [-0.3, -0.25) is 0 Å². The first-order valence-electron chi connectivity index (χ1n) is 12.9. The molecule has 304 valence electrons. The van der Waals surface area contributed by atoms with E-state index in [0.29, 0.717) is 0 Å². The molecule has 0 radical (unpaired) electrons. The smallest absolute Gasteiger partial charge is 0.461 e. The fraction of sp³-hybridized carbons (Fsp3) is 0.583. The van der Waals surface area contributed by atoms with Crippen LogP contribution in [0, 0.1) is 45.8 Å². The summed E-state index contributed by atoms with van der Waals surface area (Å²) in [6.45, 7) is 0.416. The van der Waals surface area contributed by atoms with Crippen LogP contribution < -0.4 is 4.43 Å². The molecule has 2 atom stereocenters. The van der Waals surface area contributed by atoms with Crippen LogP contribution in [0.25, 0.3) is 0 Å². The van der Waals surface area contributed by atoms with E-state index in [-0.39, 0.29) is 13.8 Å². The molecule has 29 heteroatoms. The van der Waals surface area contributed by atoms with Crippen LogP contribution in [0.5, 0.6) is 0 Å². The number of allylic oxidation sites excluding steroid dienone is 2. The summed E-state index contributed by atoms with van der Waals surface area (Å²) < 4.78 is 388. The summed E-state index contributed by atoms with van der Waals surface area (Å²) in [5.41, 5.74) is -34.2. The maximum atomic E-state index is 16.2. The molecule has 0 N–H and O–H groups in total. The molecule has 1 nitrogen and oxygen atoms in total. The lowest BCUT2D eigenvalue weighted by atomic mass is 9.60. The number of hydrogen-bond donors (Lipinski definition) is 0. The maximum absolute atomic E-state index is 16.2. The molecule has 0 bridgehead atoms. The van der Waals surface area contributed by atoms with Crippen molar-refractivity contribution >= 4 is 19.4 Å². The highest BCUT2D eigenvalue weighted by molar-refractivity contribution is 6.61. The van der Waals surface area contributed by atoms with Gasteiger partial charge in [-0.25, -0.2) is 35.1 Å². The van der Waals surface area contributed by atoms with E-state index in [1.807, 2.05) is 0 Å². The third-order valence-corrected chi connectivity index (χ3v) is 9.12. The zero-order valence-corrected chi connectivity index (χ0v) is 25.7. The number of halogens is 27. The van der Waals surface area contributed by atoms with E-state index in [2.05, 4.69) is 3.79 Å². The Bertz CT molecular complexity index is 1530. The van der Waals surface area contributed by atoms with Gasteiger partial charge in [-0.05, 0) is 12.3 Å². The number of benzene rings is 1. The number of alkyl halides is 19. The minimum atomic E-state index is -8.68. The average Bonchev–Trinajstić information content (AvgIpc) is 2.89. The van der Waals surface area contributed by atoms with Gasteiger partial charge in [-0.2, -0.15) is 79.0 Å². The van der Waals surface area contributed by atoms with Crippen molar-refractivity contribution < 1.29 is 121 Å². The van der Waals surface area contributed by atoms with Gasteiger partial charge in [0.25, 0.3) is 10.8 Å². The molecular formula is C24H10AlF27O. The largest absolute Gasteiger partial charge is 0.767 e. The second-order valence-corrected chi connectivity index (χ2v) is 12.6. The lowest BCUT2D eigenvalue weighted by molar-refractivity contribution is -0.418. The van der Waals surface area contributed by atoms with Crippen LogP contribution in [0.1, 0.15) is 20.3 Å². The Hall–Kier alpha value is -2.70. The zero-order valence-electron chi connectivity index (χ0n) is 24.6. The van der Waals surface area contributed by atoms with Crippen molar-refractivity contribution in [2.45, 2.75) is 69.1 Å². The van der Waals surface area contributed by atoms with E-state index < -0.39 is 143 Å². The minimum Gasteiger partial charge on any atom is -0.461 e. The molecule has 1 aromatic rings. The van der Waals surface area contributed by atoms with Gasteiger partial charge >= 0.3 is 52.0 Å². The third-order valence-electron chi connectivity index (χ3n) is 7.53. The molecule has 0 aliphatic heterocycles. The van der Waals surface area contributed by atoms with Crippen LogP contribution >= 0.6 is 0 Å². The van der Waals surface area contributed by atoms with E-state index in [1.54, 1.807) is 0 Å². The van der Waals surface area contributed by atoms with Gasteiger partial charge in [-0.15, -0.1) is 0 Å². The summed E-state index contributed by atoms with van der Waals surface area (Å²) in [6.07, 6.45) is -60.5. The molecule has 2 unspecified atom stereocenters. The highest BCUT2D eigenvalue weighted by Gasteiger charge is 2.91. The van der Waals surface area contributed by atoms with Crippen molar-refractivity contribution in [3.63, 3.8) is 0 Å². The summed E-state index contributed by atoms with van der Waals surface area (Å²) in [6, 6.07) is 0. The van der Waals surface area contributed by atoms with Crippen LogP contribution in [0.2, 0.25) is 0 Å². The molecule has 0 saturated heterocycles. The van der Waals surface area contributed by atoms with Crippen LogP contribution in [-0.2, 0) is 3.79 Å². The predicted molar refractivity (Wildman–Crippen MR) is 118 cm³/mol. The van der Waals surface area contributed by atoms with Crippen molar-refractivity contribution in [2.24, 2.45) is 16.7 Å². The van der Waals surface area contributed by atoms with E-state index in [9.17, 15) is 101 Å². The van der Waals surface area contributed by atoms with Crippen molar-refractivity contribution in [3.8, 4) is 0 Å². The summed E-state index contributed by atoms with van der Waals surface area (Å²) in [7, 11) is 0. The fourth-order valence-electron chi connectivity index (χ4n) is 5.56. The molecule has 0 amide bonds. The predicted octanol–water partition coefficient (Wildman–Crippen LogP) is 11.0. The number of hydrogen-bond acceptors (Lipinski definition) is 1. The monoisotopic (exact) mass is 854 g/mol. The lowest BCUT2D eigenvalue weighted by Gasteiger charge is -2.53. The average molecular weight is 854 g/mol. The van der Waals surface area contributed by atoms with E-state index in [4.69, 9.17) is 0 Å². The van der Waals surface area contributed by atoms with Gasteiger partial charge in [0.15, 0.2) is 35.3 Å². The Kier molecular flexibility index (Phi) is 11.8.